The van der Waals surface area contributed by atoms with Crippen LogP contribution in [0.3, 0.4) is 0 Å². The second-order valence-electron chi connectivity index (χ2n) is 11.8. The summed E-state index contributed by atoms with van der Waals surface area (Å²) in [6, 6.07) is 6.17. The number of rotatable bonds is 8. The molecule has 3 aromatic heterocycles. The third-order valence-electron chi connectivity index (χ3n) is 7.52. The van der Waals surface area contributed by atoms with Crippen LogP contribution < -0.4 is 5.73 Å². The van der Waals surface area contributed by atoms with Crippen molar-refractivity contribution in [2.45, 2.75) is 89.9 Å². The summed E-state index contributed by atoms with van der Waals surface area (Å²) in [5.41, 5.74) is 9.83. The zero-order valence-corrected chi connectivity index (χ0v) is 23.6. The molecule has 40 heavy (non-hydrogen) atoms. The Morgan fingerprint density at radius 1 is 1.20 bits per heavy atom. The van der Waals surface area contributed by atoms with E-state index in [-0.39, 0.29) is 29.7 Å². The van der Waals surface area contributed by atoms with Gasteiger partial charge in [0.25, 0.3) is 0 Å². The highest BCUT2D eigenvalue weighted by atomic mass is 16.6. The van der Waals surface area contributed by atoms with Crippen LogP contribution in [0, 0.1) is 0 Å². The van der Waals surface area contributed by atoms with E-state index >= 15 is 0 Å². The standard InChI is InChI=1S/C28H38N8O4/c1-15(2)35(21(37)8-6-7-20-33-17-10-9-16(28(3,4)5)11-18(17)34-20)12-19-23(38)24(39)27(40-19)36-14-32-22-25(29)30-13-31-26(22)36/h9-11,13-15,19,23-24,27,38-39H,6-8,12H2,1-5H3,(H,33,34)(H2,29,30,31)/t19-,23-,24-,27-/m1/s1. The average molecular weight is 551 g/mol. The maximum absolute atomic E-state index is 13.3. The van der Waals surface area contributed by atoms with Gasteiger partial charge < -0.3 is 30.6 Å². The summed E-state index contributed by atoms with van der Waals surface area (Å²) >= 11 is 0. The number of ether oxygens (including phenoxy) is 1. The lowest BCUT2D eigenvalue weighted by Crippen LogP contribution is -2.45. The number of aliphatic hydroxyl groups excluding tert-OH is 2. The number of aromatic nitrogens is 6. The van der Waals surface area contributed by atoms with Gasteiger partial charge in [-0.1, -0.05) is 26.8 Å². The molecule has 0 bridgehead atoms. The first-order valence-corrected chi connectivity index (χ1v) is 13.7. The Kier molecular flexibility index (Phi) is 7.51. The first-order chi connectivity index (χ1) is 18.9. The van der Waals surface area contributed by atoms with Gasteiger partial charge in [0.05, 0.1) is 17.4 Å². The summed E-state index contributed by atoms with van der Waals surface area (Å²) in [6.07, 6.45) is 0.156. The number of hydrogen-bond acceptors (Lipinski definition) is 9. The number of H-pyrrole nitrogens is 1. The van der Waals surface area contributed by atoms with Crippen LogP contribution in [0.25, 0.3) is 22.2 Å². The molecule has 0 radical (unpaired) electrons. The second kappa shape index (κ2) is 10.8. The average Bonchev–Trinajstić information content (AvgIpc) is 3.58. The zero-order chi connectivity index (χ0) is 28.8. The number of nitrogen functional groups attached to an aromatic ring is 1. The van der Waals surface area contributed by atoms with Gasteiger partial charge >= 0.3 is 0 Å². The highest BCUT2D eigenvalue weighted by Crippen LogP contribution is 2.33. The molecule has 5 rings (SSSR count). The maximum Gasteiger partial charge on any atom is 0.222 e. The van der Waals surface area contributed by atoms with Crippen molar-refractivity contribution < 1.29 is 19.7 Å². The number of nitrogens with one attached hydrogen (secondary N) is 1. The molecule has 1 aromatic carbocycles. The first kappa shape index (κ1) is 27.9. The number of nitrogens with zero attached hydrogens (tertiary/aromatic N) is 6. The fourth-order valence-corrected chi connectivity index (χ4v) is 5.15. The fraction of sp³-hybridized carbons (Fsp3) is 0.536. The maximum atomic E-state index is 13.3. The molecule has 1 fully saturated rings. The van der Waals surface area contributed by atoms with Gasteiger partial charge in [0.15, 0.2) is 17.7 Å². The van der Waals surface area contributed by atoms with E-state index in [0.29, 0.717) is 30.4 Å². The van der Waals surface area contributed by atoms with Gasteiger partial charge in [0.1, 0.15) is 36.0 Å². The van der Waals surface area contributed by atoms with Crippen molar-refractivity contribution in [3.05, 3.63) is 42.2 Å². The second-order valence-corrected chi connectivity index (χ2v) is 11.8. The number of aliphatic hydroxyl groups is 2. The lowest BCUT2D eigenvalue weighted by Gasteiger charge is -2.30. The third-order valence-corrected chi connectivity index (χ3v) is 7.52. The Hall–Kier alpha value is -3.61. The largest absolute Gasteiger partial charge is 0.387 e. The molecule has 12 nitrogen and oxygen atoms in total. The molecule has 1 aliphatic rings. The van der Waals surface area contributed by atoms with E-state index in [1.54, 1.807) is 4.90 Å². The van der Waals surface area contributed by atoms with Gasteiger partial charge in [-0.15, -0.1) is 0 Å². The fourth-order valence-electron chi connectivity index (χ4n) is 5.15. The van der Waals surface area contributed by atoms with Crippen molar-refractivity contribution >= 4 is 33.9 Å². The molecule has 4 aromatic rings. The summed E-state index contributed by atoms with van der Waals surface area (Å²) in [4.78, 5) is 35.4. The van der Waals surface area contributed by atoms with Crippen LogP contribution in [-0.4, -0.2) is 81.4 Å². The molecular weight excluding hydrogens is 512 g/mol. The number of aryl methyl sites for hydroxylation is 1. The van der Waals surface area contributed by atoms with Gasteiger partial charge in [-0.3, -0.25) is 9.36 Å². The number of amides is 1. The van der Waals surface area contributed by atoms with Crippen LogP contribution in [0.2, 0.25) is 0 Å². The van der Waals surface area contributed by atoms with Crippen LogP contribution in [0.15, 0.2) is 30.9 Å². The number of carbonyl (C=O) groups is 1. The Morgan fingerprint density at radius 3 is 2.70 bits per heavy atom. The molecule has 1 saturated heterocycles. The van der Waals surface area contributed by atoms with Crippen LogP contribution in [0.4, 0.5) is 5.82 Å². The number of imidazole rings is 2. The summed E-state index contributed by atoms with van der Waals surface area (Å²) < 4.78 is 7.59. The van der Waals surface area contributed by atoms with Gasteiger partial charge in [0, 0.05) is 25.4 Å². The van der Waals surface area contributed by atoms with Gasteiger partial charge in [0.2, 0.25) is 5.91 Å². The third kappa shape index (κ3) is 5.38. The minimum absolute atomic E-state index is 0.0433. The number of benzene rings is 1. The molecule has 214 valence electrons. The Balaban J connectivity index is 1.22. The van der Waals surface area contributed by atoms with Crippen LogP contribution in [0.1, 0.15) is 65.1 Å². The van der Waals surface area contributed by atoms with Gasteiger partial charge in [-0.05, 0) is 43.4 Å². The number of carbonyl (C=O) groups excluding carboxylic acids is 1. The summed E-state index contributed by atoms with van der Waals surface area (Å²) in [5, 5.41) is 21.6. The van der Waals surface area contributed by atoms with Gasteiger partial charge in [-0.2, -0.15) is 0 Å². The minimum atomic E-state index is -1.24. The zero-order valence-electron chi connectivity index (χ0n) is 23.6. The molecule has 1 aliphatic heterocycles. The molecule has 4 heterocycles. The Morgan fingerprint density at radius 2 is 1.98 bits per heavy atom. The van der Waals surface area contributed by atoms with Crippen molar-refractivity contribution in [3.63, 3.8) is 0 Å². The summed E-state index contributed by atoms with van der Waals surface area (Å²) in [6.45, 7) is 10.5. The SMILES string of the molecule is CC(C)N(C[C@H]1O[C@@H](n2cnc3c(N)ncnc32)[C@H](O)[C@@H]1O)C(=O)CCCc1nc2cc(C(C)(C)C)ccc2[nH]1. The van der Waals surface area contributed by atoms with Crippen molar-refractivity contribution in [2.24, 2.45) is 0 Å². The monoisotopic (exact) mass is 550 g/mol. The molecule has 4 atom stereocenters. The smallest absolute Gasteiger partial charge is 0.222 e. The van der Waals surface area contributed by atoms with Crippen LogP contribution in [-0.2, 0) is 21.4 Å². The predicted octanol–water partition coefficient (Wildman–Crippen LogP) is 2.46. The number of aromatic amines is 1. The molecule has 12 heteroatoms. The Labute approximate surface area is 232 Å². The van der Waals surface area contributed by atoms with E-state index in [4.69, 9.17) is 15.5 Å². The van der Waals surface area contributed by atoms with E-state index in [2.05, 4.69) is 58.9 Å². The van der Waals surface area contributed by atoms with E-state index in [1.807, 2.05) is 13.8 Å². The molecule has 0 saturated carbocycles. The molecule has 5 N–H and O–H groups in total. The normalized spacial score (nSPS) is 21.6. The van der Waals surface area contributed by atoms with Crippen molar-refractivity contribution in [1.82, 2.24) is 34.4 Å². The molecule has 0 aliphatic carbocycles. The number of nitrogens with two attached hydrogens (primary N) is 1. The summed E-state index contributed by atoms with van der Waals surface area (Å²) in [5.74, 6) is 1.01. The van der Waals surface area contributed by atoms with E-state index in [0.717, 1.165) is 16.9 Å². The molecule has 0 unspecified atom stereocenters. The number of anilines is 1. The lowest BCUT2D eigenvalue weighted by atomic mass is 9.87. The quantitative estimate of drug-likeness (QED) is 0.257. The van der Waals surface area contributed by atoms with E-state index in [1.165, 1.54) is 22.8 Å². The van der Waals surface area contributed by atoms with Crippen molar-refractivity contribution in [3.8, 4) is 0 Å². The van der Waals surface area contributed by atoms with Crippen molar-refractivity contribution in [2.75, 3.05) is 12.3 Å². The minimum Gasteiger partial charge on any atom is -0.387 e. The van der Waals surface area contributed by atoms with Crippen molar-refractivity contribution in [1.29, 1.82) is 0 Å². The molecule has 1 amide bonds. The molecular formula is C28H38N8O4. The van der Waals surface area contributed by atoms with Crippen LogP contribution >= 0.6 is 0 Å². The highest BCUT2D eigenvalue weighted by molar-refractivity contribution is 5.81. The molecule has 0 spiro atoms. The van der Waals surface area contributed by atoms with Gasteiger partial charge in [-0.25, -0.2) is 19.9 Å². The van der Waals surface area contributed by atoms with E-state index < -0.39 is 24.5 Å². The van der Waals surface area contributed by atoms with Crippen LogP contribution in [0.5, 0.6) is 0 Å². The summed E-state index contributed by atoms with van der Waals surface area (Å²) in [7, 11) is 0. The first-order valence-electron chi connectivity index (χ1n) is 13.7. The Bertz CT molecular complexity index is 1510. The predicted molar refractivity (Wildman–Crippen MR) is 150 cm³/mol. The number of hydrogen-bond donors (Lipinski definition) is 4. The lowest BCUT2D eigenvalue weighted by molar-refractivity contribution is -0.136. The topological polar surface area (TPSA) is 168 Å². The number of fused-ring (bicyclic) bond motifs is 2. The van der Waals surface area contributed by atoms with E-state index in [9.17, 15) is 15.0 Å². The highest BCUT2D eigenvalue weighted by Gasteiger charge is 2.45.